The molecule has 6 heteroatoms. The van der Waals surface area contributed by atoms with Crippen molar-refractivity contribution in [1.82, 2.24) is 4.90 Å². The number of likely N-dealkylation sites (N-methyl/N-ethyl adjacent to an activating group) is 1. The molecule has 0 saturated carbocycles. The van der Waals surface area contributed by atoms with E-state index in [4.69, 9.17) is 13.6 Å². The molecule has 1 aromatic carbocycles. The van der Waals surface area contributed by atoms with Crippen molar-refractivity contribution < 1.29 is 18.4 Å². The fraction of sp³-hybridized carbons (Fsp3) is 0.333. The number of hydrogen-bond donors (Lipinski definition) is 0. The zero-order valence-corrected chi connectivity index (χ0v) is 15.8. The van der Waals surface area contributed by atoms with Crippen LogP contribution >= 0.6 is 0 Å². The standard InChI is InChI=1S/C21H23NO5/c1-4-5-15-10-21(24)27-19-11-16(8-9-18(15)19)25-13-20(23)22(3)12-17-7-6-14(2)26-17/h6-11H,4-5,12-13H2,1-3H3. The summed E-state index contributed by atoms with van der Waals surface area (Å²) in [6.07, 6.45) is 1.74. The number of ether oxygens (including phenoxy) is 1. The van der Waals surface area contributed by atoms with Gasteiger partial charge >= 0.3 is 5.63 Å². The van der Waals surface area contributed by atoms with Crippen molar-refractivity contribution in [3.05, 3.63) is 63.9 Å². The van der Waals surface area contributed by atoms with Gasteiger partial charge in [-0.25, -0.2) is 4.79 Å². The van der Waals surface area contributed by atoms with Crippen LogP contribution in [0.4, 0.5) is 0 Å². The molecule has 0 atom stereocenters. The third-order valence-corrected chi connectivity index (χ3v) is 4.30. The van der Waals surface area contributed by atoms with Crippen molar-refractivity contribution in [2.45, 2.75) is 33.2 Å². The Hall–Kier alpha value is -3.02. The highest BCUT2D eigenvalue weighted by Gasteiger charge is 2.13. The average Bonchev–Trinajstić information content (AvgIpc) is 3.04. The number of furan rings is 1. The number of carbonyl (C=O) groups excluding carboxylic acids is 1. The van der Waals surface area contributed by atoms with Gasteiger partial charge in [-0.3, -0.25) is 4.79 Å². The molecule has 3 aromatic rings. The Morgan fingerprint density at radius 2 is 1.96 bits per heavy atom. The zero-order chi connectivity index (χ0) is 19.4. The second-order valence-corrected chi connectivity index (χ2v) is 6.55. The second kappa shape index (κ2) is 8.12. The second-order valence-electron chi connectivity index (χ2n) is 6.55. The fourth-order valence-corrected chi connectivity index (χ4v) is 2.92. The third-order valence-electron chi connectivity index (χ3n) is 4.30. The Morgan fingerprint density at radius 3 is 2.67 bits per heavy atom. The van der Waals surface area contributed by atoms with Crippen molar-refractivity contribution in [1.29, 1.82) is 0 Å². The zero-order valence-electron chi connectivity index (χ0n) is 15.8. The van der Waals surface area contributed by atoms with Gasteiger partial charge in [0.15, 0.2) is 6.61 Å². The van der Waals surface area contributed by atoms with Crippen LogP contribution in [0.1, 0.15) is 30.4 Å². The SMILES string of the molecule is CCCc1cc(=O)oc2cc(OCC(=O)N(C)Cc3ccc(C)o3)ccc12. The maximum atomic E-state index is 12.3. The number of amides is 1. The molecule has 0 radical (unpaired) electrons. The maximum absolute atomic E-state index is 12.3. The third kappa shape index (κ3) is 4.58. The molecule has 2 aromatic heterocycles. The van der Waals surface area contributed by atoms with Gasteiger partial charge in [0, 0.05) is 24.6 Å². The Kier molecular flexibility index (Phi) is 5.64. The molecule has 142 valence electrons. The van der Waals surface area contributed by atoms with Crippen molar-refractivity contribution in [3.63, 3.8) is 0 Å². The van der Waals surface area contributed by atoms with E-state index in [9.17, 15) is 9.59 Å². The van der Waals surface area contributed by atoms with E-state index in [1.54, 1.807) is 24.1 Å². The van der Waals surface area contributed by atoms with Crippen molar-refractivity contribution in [2.75, 3.05) is 13.7 Å². The highest BCUT2D eigenvalue weighted by molar-refractivity contribution is 5.82. The molecule has 6 nitrogen and oxygen atoms in total. The summed E-state index contributed by atoms with van der Waals surface area (Å²) in [7, 11) is 1.69. The van der Waals surface area contributed by atoms with Crippen LogP contribution in [0, 0.1) is 6.92 Å². The fourth-order valence-electron chi connectivity index (χ4n) is 2.92. The van der Waals surface area contributed by atoms with Gasteiger partial charge in [0.05, 0.1) is 6.54 Å². The lowest BCUT2D eigenvalue weighted by molar-refractivity contribution is -0.132. The molecule has 1 amide bonds. The summed E-state index contributed by atoms with van der Waals surface area (Å²) in [5.74, 6) is 1.83. The van der Waals surface area contributed by atoms with Crippen LogP contribution in [0.15, 0.2) is 50.0 Å². The molecule has 0 aliphatic heterocycles. The Bertz CT molecular complexity index is 1000. The minimum atomic E-state index is -0.382. The molecule has 0 unspecified atom stereocenters. The van der Waals surface area contributed by atoms with Gasteiger partial charge in [-0.05, 0) is 43.2 Å². The molecule has 2 heterocycles. The van der Waals surface area contributed by atoms with Crippen LogP contribution in [0.25, 0.3) is 11.0 Å². The summed E-state index contributed by atoms with van der Waals surface area (Å²) in [5.41, 5.74) is 1.04. The quantitative estimate of drug-likeness (QED) is 0.594. The minimum Gasteiger partial charge on any atom is -0.484 e. The summed E-state index contributed by atoms with van der Waals surface area (Å²) in [6, 6.07) is 10.5. The molecule has 0 aliphatic rings. The number of aryl methyl sites for hydroxylation is 2. The van der Waals surface area contributed by atoms with E-state index in [0.29, 0.717) is 17.9 Å². The smallest absolute Gasteiger partial charge is 0.336 e. The molecule has 0 saturated heterocycles. The summed E-state index contributed by atoms with van der Waals surface area (Å²) in [4.78, 5) is 25.6. The predicted octanol–water partition coefficient (Wildman–Crippen LogP) is 3.68. The molecular formula is C21H23NO5. The molecular weight excluding hydrogens is 346 g/mol. The Morgan fingerprint density at radius 1 is 1.15 bits per heavy atom. The van der Waals surface area contributed by atoms with Crippen molar-refractivity contribution >= 4 is 16.9 Å². The normalized spacial score (nSPS) is 10.9. The van der Waals surface area contributed by atoms with E-state index in [-0.39, 0.29) is 18.1 Å². The predicted molar refractivity (Wildman–Crippen MR) is 102 cm³/mol. The molecule has 0 spiro atoms. The first-order valence-electron chi connectivity index (χ1n) is 8.95. The number of carbonyl (C=O) groups is 1. The van der Waals surface area contributed by atoms with Crippen molar-refractivity contribution in [2.24, 2.45) is 0 Å². The van der Waals surface area contributed by atoms with E-state index in [1.165, 1.54) is 6.07 Å². The van der Waals surface area contributed by atoms with E-state index in [1.807, 2.05) is 25.1 Å². The van der Waals surface area contributed by atoms with Crippen LogP contribution < -0.4 is 10.4 Å². The monoisotopic (exact) mass is 369 g/mol. The first-order valence-corrected chi connectivity index (χ1v) is 8.95. The highest BCUT2D eigenvalue weighted by Crippen LogP contribution is 2.23. The topological polar surface area (TPSA) is 72.9 Å². The molecule has 0 fully saturated rings. The van der Waals surface area contributed by atoms with Crippen molar-refractivity contribution in [3.8, 4) is 5.75 Å². The van der Waals surface area contributed by atoms with Gasteiger partial charge in [-0.15, -0.1) is 0 Å². The van der Waals surface area contributed by atoms with E-state index < -0.39 is 0 Å². The van der Waals surface area contributed by atoms with Crippen LogP contribution in [0.5, 0.6) is 5.75 Å². The largest absolute Gasteiger partial charge is 0.484 e. The minimum absolute atomic E-state index is 0.111. The number of hydrogen-bond acceptors (Lipinski definition) is 5. The van der Waals surface area contributed by atoms with Gasteiger partial charge in [-0.2, -0.15) is 0 Å². The molecule has 0 N–H and O–H groups in total. The summed E-state index contributed by atoms with van der Waals surface area (Å²) in [6.45, 7) is 4.19. The molecule has 0 aliphatic carbocycles. The number of nitrogens with zero attached hydrogens (tertiary/aromatic N) is 1. The lowest BCUT2D eigenvalue weighted by Gasteiger charge is -2.16. The molecule has 3 rings (SSSR count). The first-order chi connectivity index (χ1) is 13.0. The lowest BCUT2D eigenvalue weighted by atomic mass is 10.1. The maximum Gasteiger partial charge on any atom is 0.336 e. The summed E-state index contributed by atoms with van der Waals surface area (Å²) < 4.78 is 16.4. The Labute approximate surface area is 157 Å². The van der Waals surface area contributed by atoms with Crippen LogP contribution in [-0.4, -0.2) is 24.5 Å². The molecule has 0 bridgehead atoms. The summed E-state index contributed by atoms with van der Waals surface area (Å²) >= 11 is 0. The van der Waals surface area contributed by atoms with Crippen LogP contribution in [0.3, 0.4) is 0 Å². The van der Waals surface area contributed by atoms with Crippen LogP contribution in [0.2, 0.25) is 0 Å². The number of rotatable bonds is 7. The Balaban J connectivity index is 1.67. The van der Waals surface area contributed by atoms with E-state index in [0.717, 1.165) is 35.3 Å². The lowest BCUT2D eigenvalue weighted by Crippen LogP contribution is -2.30. The van der Waals surface area contributed by atoms with E-state index in [2.05, 4.69) is 6.92 Å². The number of benzene rings is 1. The first kappa shape index (κ1) is 18.8. The van der Waals surface area contributed by atoms with Gasteiger partial charge in [0.1, 0.15) is 22.9 Å². The highest BCUT2D eigenvalue weighted by atomic mass is 16.5. The van der Waals surface area contributed by atoms with Gasteiger partial charge in [-0.1, -0.05) is 13.3 Å². The van der Waals surface area contributed by atoms with E-state index >= 15 is 0 Å². The van der Waals surface area contributed by atoms with Gasteiger partial charge in [0.25, 0.3) is 5.91 Å². The van der Waals surface area contributed by atoms with Gasteiger partial charge < -0.3 is 18.5 Å². The van der Waals surface area contributed by atoms with Gasteiger partial charge in [0.2, 0.25) is 0 Å². The average molecular weight is 369 g/mol. The van der Waals surface area contributed by atoms with Crippen LogP contribution in [-0.2, 0) is 17.8 Å². The summed E-state index contributed by atoms with van der Waals surface area (Å²) in [5, 5.41) is 0.889. The number of fused-ring (bicyclic) bond motifs is 1. The molecule has 27 heavy (non-hydrogen) atoms.